The summed E-state index contributed by atoms with van der Waals surface area (Å²) in [5, 5.41) is 21.7. The summed E-state index contributed by atoms with van der Waals surface area (Å²) in [5.41, 5.74) is -0.0182. The van der Waals surface area contributed by atoms with Crippen LogP contribution in [0.2, 0.25) is 0 Å². The van der Waals surface area contributed by atoms with E-state index in [1.807, 2.05) is 0 Å². The molecule has 1 aliphatic heterocycles. The van der Waals surface area contributed by atoms with Crippen LogP contribution in [0.3, 0.4) is 0 Å². The van der Waals surface area contributed by atoms with Gasteiger partial charge in [0.25, 0.3) is 11.6 Å². The lowest BCUT2D eigenvalue weighted by atomic mass is 10.2. The van der Waals surface area contributed by atoms with E-state index in [0.717, 1.165) is 17.5 Å². The zero-order valence-corrected chi connectivity index (χ0v) is 13.6. The Morgan fingerprint density at radius 2 is 2.24 bits per heavy atom. The number of non-ortho nitro benzene ring substituents is 1. The average molecular weight is 360 g/mol. The van der Waals surface area contributed by atoms with Gasteiger partial charge in [-0.1, -0.05) is 5.10 Å². The van der Waals surface area contributed by atoms with Gasteiger partial charge in [-0.25, -0.2) is 0 Å². The molecule has 0 aliphatic carbocycles. The molecule has 25 heavy (non-hydrogen) atoms. The molecule has 4 rings (SSSR count). The summed E-state index contributed by atoms with van der Waals surface area (Å²) >= 11 is 1.23. The second-order valence-electron chi connectivity index (χ2n) is 5.49. The summed E-state index contributed by atoms with van der Waals surface area (Å²) < 4.78 is 11.6. The number of aromatic nitrogens is 2. The second kappa shape index (κ2) is 6.22. The number of hydrogen-bond acceptors (Lipinski definition) is 8. The molecular formula is C15H12N4O5S. The quantitative estimate of drug-likeness (QED) is 0.560. The highest BCUT2D eigenvalue weighted by Gasteiger charge is 2.24. The molecule has 1 fully saturated rings. The van der Waals surface area contributed by atoms with Crippen LogP contribution in [0.15, 0.2) is 28.7 Å². The van der Waals surface area contributed by atoms with Gasteiger partial charge in [-0.05, 0) is 25.0 Å². The normalized spacial score (nSPS) is 17.0. The number of benzene rings is 1. The minimum atomic E-state index is -0.470. The molecule has 9 nitrogen and oxygen atoms in total. The number of thiophene rings is 1. The monoisotopic (exact) mass is 360 g/mol. The zero-order chi connectivity index (χ0) is 17.4. The number of carbonyl (C=O) groups is 1. The van der Waals surface area contributed by atoms with E-state index in [4.69, 9.17) is 9.15 Å². The van der Waals surface area contributed by atoms with Crippen LogP contribution >= 0.6 is 11.3 Å². The fourth-order valence-corrected chi connectivity index (χ4v) is 3.54. The van der Waals surface area contributed by atoms with Crippen LogP contribution < -0.4 is 5.32 Å². The van der Waals surface area contributed by atoms with E-state index in [0.29, 0.717) is 22.8 Å². The Balaban J connectivity index is 1.52. The molecule has 1 amide bonds. The number of hydrogen-bond donors (Lipinski definition) is 1. The van der Waals surface area contributed by atoms with Crippen molar-refractivity contribution in [2.24, 2.45) is 0 Å². The van der Waals surface area contributed by atoms with E-state index >= 15 is 0 Å². The van der Waals surface area contributed by atoms with Gasteiger partial charge in [0.2, 0.25) is 5.89 Å². The molecule has 1 N–H and O–H groups in total. The molecule has 10 heteroatoms. The summed E-state index contributed by atoms with van der Waals surface area (Å²) in [7, 11) is 0. The maximum absolute atomic E-state index is 12.3. The molecule has 3 heterocycles. The Morgan fingerprint density at radius 3 is 3.00 bits per heavy atom. The Morgan fingerprint density at radius 1 is 1.36 bits per heavy atom. The molecule has 1 unspecified atom stereocenters. The van der Waals surface area contributed by atoms with Crippen molar-refractivity contribution in [3.8, 4) is 0 Å². The molecule has 1 aliphatic rings. The predicted molar refractivity (Wildman–Crippen MR) is 88.7 cm³/mol. The fraction of sp³-hybridized carbons (Fsp3) is 0.267. The number of amides is 1. The van der Waals surface area contributed by atoms with Crippen LogP contribution in [0.5, 0.6) is 0 Å². The van der Waals surface area contributed by atoms with Crippen molar-refractivity contribution in [3.63, 3.8) is 0 Å². The maximum Gasteiger partial charge on any atom is 0.322 e. The molecule has 0 saturated carbocycles. The first-order chi connectivity index (χ1) is 12.1. The van der Waals surface area contributed by atoms with Gasteiger partial charge < -0.3 is 9.15 Å². The molecular weight excluding hydrogens is 348 g/mol. The fourth-order valence-electron chi connectivity index (χ4n) is 2.60. The van der Waals surface area contributed by atoms with E-state index in [-0.39, 0.29) is 17.8 Å². The Hall–Kier alpha value is -2.85. The minimum Gasteiger partial charge on any atom is -0.405 e. The Bertz CT molecular complexity index is 960. The molecule has 1 saturated heterocycles. The standard InChI is InChI=1S/C15H12N4O5S/c20-13(16-15-18-17-14(24-15)10-2-1-5-23-10)12-7-8-6-9(19(21)22)3-4-11(8)25-12/h3-4,6-7,10H,1-2,5H2,(H,16,18,20). The SMILES string of the molecule is O=C(Nc1nnc(C2CCCO2)o1)c1cc2cc([N+](=O)[O-])ccc2s1. The molecule has 0 radical (unpaired) electrons. The van der Waals surface area contributed by atoms with Gasteiger partial charge >= 0.3 is 6.01 Å². The number of nitrogens with zero attached hydrogens (tertiary/aromatic N) is 3. The van der Waals surface area contributed by atoms with Gasteiger partial charge in [0.1, 0.15) is 6.10 Å². The van der Waals surface area contributed by atoms with Gasteiger partial charge in [-0.3, -0.25) is 20.2 Å². The summed E-state index contributed by atoms with van der Waals surface area (Å²) in [4.78, 5) is 23.1. The van der Waals surface area contributed by atoms with E-state index < -0.39 is 10.8 Å². The average Bonchev–Trinajstić information content (AvgIpc) is 3.33. The van der Waals surface area contributed by atoms with Crippen molar-refractivity contribution >= 4 is 39.0 Å². The van der Waals surface area contributed by atoms with Gasteiger partial charge in [0.15, 0.2) is 0 Å². The summed E-state index contributed by atoms with van der Waals surface area (Å²) in [6, 6.07) is 6.06. The highest BCUT2D eigenvalue weighted by molar-refractivity contribution is 7.20. The lowest BCUT2D eigenvalue weighted by molar-refractivity contribution is -0.384. The van der Waals surface area contributed by atoms with E-state index in [9.17, 15) is 14.9 Å². The topological polar surface area (TPSA) is 120 Å². The van der Waals surface area contributed by atoms with Crippen LogP contribution in [-0.2, 0) is 4.74 Å². The minimum absolute atomic E-state index is 0.000985. The van der Waals surface area contributed by atoms with Crippen LogP contribution in [0.1, 0.15) is 34.5 Å². The van der Waals surface area contributed by atoms with E-state index in [1.165, 1.54) is 23.5 Å². The number of ether oxygens (including phenoxy) is 1. The molecule has 128 valence electrons. The number of rotatable bonds is 4. The number of nitrogens with one attached hydrogen (secondary N) is 1. The van der Waals surface area contributed by atoms with Crippen LogP contribution in [-0.4, -0.2) is 27.6 Å². The molecule has 3 aromatic rings. The highest BCUT2D eigenvalue weighted by Crippen LogP contribution is 2.30. The number of nitro benzene ring substituents is 1. The maximum atomic E-state index is 12.3. The van der Waals surface area contributed by atoms with Crippen molar-refractivity contribution < 1.29 is 18.9 Å². The molecule has 1 atom stereocenters. The van der Waals surface area contributed by atoms with Gasteiger partial charge in [-0.15, -0.1) is 16.4 Å². The Labute approximate surface area is 144 Å². The van der Waals surface area contributed by atoms with Gasteiger partial charge in [0, 0.05) is 28.8 Å². The highest BCUT2D eigenvalue weighted by atomic mass is 32.1. The summed E-state index contributed by atoms with van der Waals surface area (Å²) in [6.45, 7) is 0.655. The molecule has 0 bridgehead atoms. The zero-order valence-electron chi connectivity index (χ0n) is 12.8. The first kappa shape index (κ1) is 15.7. The summed E-state index contributed by atoms with van der Waals surface area (Å²) in [6.07, 6.45) is 1.52. The third kappa shape index (κ3) is 3.08. The van der Waals surface area contributed by atoms with Gasteiger partial charge in [0.05, 0.1) is 9.80 Å². The summed E-state index contributed by atoms with van der Waals surface area (Å²) in [5.74, 6) is -0.0637. The number of carbonyl (C=O) groups excluding carboxylic acids is 1. The second-order valence-corrected chi connectivity index (χ2v) is 6.57. The number of anilines is 1. The first-order valence-corrected chi connectivity index (χ1v) is 8.36. The van der Waals surface area contributed by atoms with Crippen molar-refractivity contribution in [2.75, 3.05) is 11.9 Å². The predicted octanol–water partition coefficient (Wildman–Crippen LogP) is 3.30. The van der Waals surface area contributed by atoms with E-state index in [2.05, 4.69) is 15.5 Å². The molecule has 0 spiro atoms. The molecule has 1 aromatic carbocycles. The van der Waals surface area contributed by atoms with Gasteiger partial charge in [-0.2, -0.15) is 0 Å². The van der Waals surface area contributed by atoms with Crippen LogP contribution in [0, 0.1) is 10.1 Å². The van der Waals surface area contributed by atoms with Crippen molar-refractivity contribution in [1.82, 2.24) is 10.2 Å². The first-order valence-electron chi connectivity index (χ1n) is 7.54. The number of fused-ring (bicyclic) bond motifs is 1. The molecule has 2 aromatic heterocycles. The van der Waals surface area contributed by atoms with Crippen molar-refractivity contribution in [2.45, 2.75) is 18.9 Å². The van der Waals surface area contributed by atoms with E-state index in [1.54, 1.807) is 12.1 Å². The van der Waals surface area contributed by atoms with Crippen LogP contribution in [0.25, 0.3) is 10.1 Å². The van der Waals surface area contributed by atoms with Crippen LogP contribution in [0.4, 0.5) is 11.7 Å². The van der Waals surface area contributed by atoms with Crippen molar-refractivity contribution in [3.05, 3.63) is 45.1 Å². The third-order valence-corrected chi connectivity index (χ3v) is 4.92. The third-order valence-electron chi connectivity index (χ3n) is 3.80. The lowest BCUT2D eigenvalue weighted by Gasteiger charge is -2.01. The largest absolute Gasteiger partial charge is 0.405 e. The lowest BCUT2D eigenvalue weighted by Crippen LogP contribution is -2.10. The smallest absolute Gasteiger partial charge is 0.322 e. The Kier molecular flexibility index (Phi) is 3.90. The van der Waals surface area contributed by atoms with Crippen molar-refractivity contribution in [1.29, 1.82) is 0 Å². The number of nitro groups is 1.